The molecule has 7 heteroatoms. The molecule has 1 aliphatic carbocycles. The maximum absolute atomic E-state index is 12.4. The highest BCUT2D eigenvalue weighted by atomic mass is 35.5. The van der Waals surface area contributed by atoms with Crippen molar-refractivity contribution in [2.45, 2.75) is 44.2 Å². The van der Waals surface area contributed by atoms with Gasteiger partial charge < -0.3 is 10.8 Å². The van der Waals surface area contributed by atoms with Crippen LogP contribution in [-0.2, 0) is 10.0 Å². The molecular weight excluding hydrogens is 300 g/mol. The summed E-state index contributed by atoms with van der Waals surface area (Å²) in [4.78, 5) is 0.0917. The largest absolute Gasteiger partial charge is 0.397 e. The first-order chi connectivity index (χ1) is 9.05. The van der Waals surface area contributed by atoms with Gasteiger partial charge in [-0.2, -0.15) is 0 Å². The average Bonchev–Trinajstić information content (AvgIpc) is 2.34. The fourth-order valence-corrected chi connectivity index (χ4v) is 3.91. The Bertz CT molecular complexity index is 620. The predicted molar refractivity (Wildman–Crippen MR) is 79.1 cm³/mol. The average molecular weight is 319 g/mol. The Hall–Kier alpha value is -0.820. The molecular formula is C13H19ClN2O3S. The van der Waals surface area contributed by atoms with Crippen LogP contribution in [0.5, 0.6) is 0 Å². The first-order valence-electron chi connectivity index (χ1n) is 6.31. The minimum atomic E-state index is -3.68. The van der Waals surface area contributed by atoms with Gasteiger partial charge in [-0.05, 0) is 31.0 Å². The molecule has 0 bridgehead atoms. The van der Waals surface area contributed by atoms with Gasteiger partial charge in [0.15, 0.2) is 0 Å². The standard InChI is InChI=1S/C13H19ClN2O3S/c1-7-4-8(5-9(15)12(7)14)20(18,19)16-10-6-11(17)13(10,2)3/h4-5,10-11,16-17H,6,15H2,1-3H3. The zero-order valence-corrected chi connectivity index (χ0v) is 13.2. The fourth-order valence-electron chi connectivity index (χ4n) is 2.28. The molecule has 1 aromatic rings. The summed E-state index contributed by atoms with van der Waals surface area (Å²) in [6.45, 7) is 5.36. The molecule has 1 saturated carbocycles. The molecule has 0 aromatic heterocycles. The number of benzene rings is 1. The van der Waals surface area contributed by atoms with Crippen molar-refractivity contribution in [1.29, 1.82) is 0 Å². The number of nitrogens with one attached hydrogen (secondary N) is 1. The summed E-state index contributed by atoms with van der Waals surface area (Å²) in [5.74, 6) is 0. The molecule has 20 heavy (non-hydrogen) atoms. The zero-order chi connectivity index (χ0) is 15.3. The van der Waals surface area contributed by atoms with Crippen LogP contribution in [0.25, 0.3) is 0 Å². The summed E-state index contributed by atoms with van der Waals surface area (Å²) in [5.41, 5.74) is 6.08. The molecule has 2 atom stereocenters. The molecule has 2 unspecified atom stereocenters. The minimum absolute atomic E-state index is 0.0917. The lowest BCUT2D eigenvalue weighted by atomic mass is 9.65. The van der Waals surface area contributed by atoms with Crippen LogP contribution in [-0.4, -0.2) is 25.7 Å². The summed E-state index contributed by atoms with van der Waals surface area (Å²) in [7, 11) is -3.68. The van der Waals surface area contributed by atoms with Crippen molar-refractivity contribution in [3.05, 3.63) is 22.7 Å². The number of anilines is 1. The Balaban J connectivity index is 2.28. The molecule has 0 amide bonds. The highest BCUT2D eigenvalue weighted by Crippen LogP contribution is 2.41. The summed E-state index contributed by atoms with van der Waals surface area (Å²) in [6.07, 6.45) is -0.0823. The van der Waals surface area contributed by atoms with Crippen LogP contribution < -0.4 is 10.5 Å². The minimum Gasteiger partial charge on any atom is -0.397 e. The van der Waals surface area contributed by atoms with Gasteiger partial charge in [-0.3, -0.25) is 0 Å². The van der Waals surface area contributed by atoms with Crippen molar-refractivity contribution in [2.24, 2.45) is 5.41 Å². The number of hydrogen-bond donors (Lipinski definition) is 3. The van der Waals surface area contributed by atoms with Crippen molar-refractivity contribution in [1.82, 2.24) is 4.72 Å². The lowest BCUT2D eigenvalue weighted by molar-refractivity contribution is -0.0645. The SMILES string of the molecule is Cc1cc(S(=O)(=O)NC2CC(O)C2(C)C)cc(N)c1Cl. The number of aliphatic hydroxyl groups is 1. The van der Waals surface area contributed by atoms with Gasteiger partial charge in [-0.15, -0.1) is 0 Å². The topological polar surface area (TPSA) is 92.4 Å². The number of nitrogen functional groups attached to an aromatic ring is 1. The fraction of sp³-hybridized carbons (Fsp3) is 0.538. The molecule has 0 aliphatic heterocycles. The van der Waals surface area contributed by atoms with E-state index in [9.17, 15) is 13.5 Å². The van der Waals surface area contributed by atoms with Crippen LogP contribution in [0.2, 0.25) is 5.02 Å². The van der Waals surface area contributed by atoms with Gasteiger partial charge >= 0.3 is 0 Å². The Morgan fingerprint density at radius 3 is 2.50 bits per heavy atom. The highest BCUT2D eigenvalue weighted by Gasteiger charge is 2.48. The van der Waals surface area contributed by atoms with E-state index in [0.29, 0.717) is 17.0 Å². The van der Waals surface area contributed by atoms with Gasteiger partial charge in [-0.1, -0.05) is 25.4 Å². The molecule has 1 aromatic carbocycles. The smallest absolute Gasteiger partial charge is 0.240 e. The van der Waals surface area contributed by atoms with E-state index in [1.807, 2.05) is 13.8 Å². The molecule has 112 valence electrons. The molecule has 0 heterocycles. The van der Waals surface area contributed by atoms with E-state index < -0.39 is 21.5 Å². The van der Waals surface area contributed by atoms with Crippen molar-refractivity contribution < 1.29 is 13.5 Å². The number of sulfonamides is 1. The van der Waals surface area contributed by atoms with Crippen LogP contribution in [0.3, 0.4) is 0 Å². The van der Waals surface area contributed by atoms with Gasteiger partial charge in [-0.25, -0.2) is 13.1 Å². The number of aliphatic hydroxyl groups excluding tert-OH is 1. The molecule has 5 nitrogen and oxygen atoms in total. The summed E-state index contributed by atoms with van der Waals surface area (Å²) in [6, 6.07) is 2.54. The van der Waals surface area contributed by atoms with Crippen LogP contribution in [0.15, 0.2) is 17.0 Å². The normalized spacial score (nSPS) is 25.2. The lowest BCUT2D eigenvalue weighted by Gasteiger charge is -2.49. The van der Waals surface area contributed by atoms with Crippen molar-refractivity contribution >= 4 is 27.3 Å². The second-order valence-corrected chi connectivity index (χ2v) is 7.98. The molecule has 1 fully saturated rings. The van der Waals surface area contributed by atoms with Crippen molar-refractivity contribution in [3.63, 3.8) is 0 Å². The first kappa shape index (κ1) is 15.6. The van der Waals surface area contributed by atoms with Crippen LogP contribution in [0, 0.1) is 12.3 Å². The molecule has 1 aliphatic rings. The number of hydrogen-bond acceptors (Lipinski definition) is 4. The van der Waals surface area contributed by atoms with Gasteiger partial charge in [0.1, 0.15) is 0 Å². The van der Waals surface area contributed by atoms with Crippen LogP contribution in [0.1, 0.15) is 25.8 Å². The Morgan fingerprint density at radius 1 is 1.45 bits per heavy atom. The van der Waals surface area contributed by atoms with E-state index in [-0.39, 0.29) is 16.6 Å². The lowest BCUT2D eigenvalue weighted by Crippen LogP contribution is -2.61. The van der Waals surface area contributed by atoms with Crippen LogP contribution in [0.4, 0.5) is 5.69 Å². The third-order valence-electron chi connectivity index (χ3n) is 4.08. The number of rotatable bonds is 3. The van der Waals surface area contributed by atoms with Gasteiger partial charge in [0, 0.05) is 11.5 Å². The summed E-state index contributed by atoms with van der Waals surface area (Å²) >= 11 is 5.94. The van der Waals surface area contributed by atoms with Gasteiger partial charge in [0.25, 0.3) is 0 Å². The van der Waals surface area contributed by atoms with E-state index in [1.165, 1.54) is 12.1 Å². The zero-order valence-electron chi connectivity index (χ0n) is 11.6. The second-order valence-electron chi connectivity index (χ2n) is 5.89. The Kier molecular flexibility index (Phi) is 3.79. The maximum atomic E-state index is 12.4. The van der Waals surface area contributed by atoms with E-state index in [2.05, 4.69) is 4.72 Å². The molecule has 0 saturated heterocycles. The highest BCUT2D eigenvalue weighted by molar-refractivity contribution is 7.89. The second kappa shape index (κ2) is 4.87. The van der Waals surface area contributed by atoms with E-state index in [4.69, 9.17) is 17.3 Å². The Labute approximate surface area is 124 Å². The molecule has 0 spiro atoms. The predicted octanol–water partition coefficient (Wildman–Crippen LogP) is 1.67. The van der Waals surface area contributed by atoms with Gasteiger partial charge in [0.2, 0.25) is 10.0 Å². The maximum Gasteiger partial charge on any atom is 0.240 e. The molecule has 2 rings (SSSR count). The first-order valence-corrected chi connectivity index (χ1v) is 8.18. The molecule has 4 N–H and O–H groups in total. The molecule has 0 radical (unpaired) electrons. The number of nitrogens with two attached hydrogens (primary N) is 1. The van der Waals surface area contributed by atoms with E-state index in [1.54, 1.807) is 6.92 Å². The van der Waals surface area contributed by atoms with Crippen molar-refractivity contribution in [3.8, 4) is 0 Å². The van der Waals surface area contributed by atoms with E-state index >= 15 is 0 Å². The third-order valence-corrected chi connectivity index (χ3v) is 6.05. The van der Waals surface area contributed by atoms with Crippen molar-refractivity contribution in [2.75, 3.05) is 5.73 Å². The summed E-state index contributed by atoms with van der Waals surface area (Å²) in [5, 5.41) is 10.0. The number of halogens is 1. The quantitative estimate of drug-likeness (QED) is 0.739. The number of aryl methyl sites for hydroxylation is 1. The van der Waals surface area contributed by atoms with E-state index in [0.717, 1.165) is 0 Å². The van der Waals surface area contributed by atoms with Crippen LogP contribution >= 0.6 is 11.6 Å². The monoisotopic (exact) mass is 318 g/mol. The van der Waals surface area contributed by atoms with Gasteiger partial charge in [0.05, 0.1) is 21.7 Å². The third kappa shape index (κ3) is 2.53. The summed E-state index contributed by atoms with van der Waals surface area (Å²) < 4.78 is 27.3. The Morgan fingerprint density at radius 2 is 2.05 bits per heavy atom.